The number of carbonyl (C=O) groups is 1. The molecule has 0 radical (unpaired) electrons. The highest BCUT2D eigenvalue weighted by atomic mass is 16.5. The molecule has 1 spiro atoms. The van der Waals surface area contributed by atoms with Gasteiger partial charge in [-0.2, -0.15) is 5.10 Å². The first-order valence-electron chi connectivity index (χ1n) is 10.3. The maximum Gasteiger partial charge on any atom is 0.254 e. The van der Waals surface area contributed by atoms with Gasteiger partial charge in [0.15, 0.2) is 5.60 Å². The van der Waals surface area contributed by atoms with E-state index in [2.05, 4.69) is 39.9 Å². The smallest absolute Gasteiger partial charge is 0.254 e. The highest BCUT2D eigenvalue weighted by molar-refractivity contribution is 5.88. The van der Waals surface area contributed by atoms with Crippen molar-refractivity contribution in [3.8, 4) is 0 Å². The van der Waals surface area contributed by atoms with Crippen molar-refractivity contribution in [3.05, 3.63) is 18.0 Å². The summed E-state index contributed by atoms with van der Waals surface area (Å²) in [6, 6.07) is 2.35. The summed E-state index contributed by atoms with van der Waals surface area (Å²) in [6.07, 6.45) is 8.58. The van der Waals surface area contributed by atoms with Crippen LogP contribution in [0, 0.1) is 5.92 Å². The molecular formula is C20H32N4O2. The maximum atomic E-state index is 13.0. The number of amides is 1. The second-order valence-electron chi connectivity index (χ2n) is 8.54. The van der Waals surface area contributed by atoms with Crippen molar-refractivity contribution in [3.63, 3.8) is 0 Å². The van der Waals surface area contributed by atoms with Crippen LogP contribution in [0.4, 0.5) is 0 Å². The monoisotopic (exact) mass is 360 g/mol. The summed E-state index contributed by atoms with van der Waals surface area (Å²) in [4.78, 5) is 15.4. The molecule has 6 heteroatoms. The van der Waals surface area contributed by atoms with E-state index in [1.807, 2.05) is 6.20 Å². The second kappa shape index (κ2) is 7.31. The van der Waals surface area contributed by atoms with Crippen LogP contribution in [0.3, 0.4) is 0 Å². The van der Waals surface area contributed by atoms with Crippen molar-refractivity contribution >= 4 is 5.91 Å². The van der Waals surface area contributed by atoms with Crippen LogP contribution >= 0.6 is 0 Å². The Balaban J connectivity index is 1.61. The fraction of sp³-hybridized carbons (Fsp3) is 0.800. The third-order valence-electron chi connectivity index (χ3n) is 6.38. The van der Waals surface area contributed by atoms with Gasteiger partial charge in [-0.3, -0.25) is 14.4 Å². The van der Waals surface area contributed by atoms with Gasteiger partial charge in [0.05, 0.1) is 12.5 Å². The minimum Gasteiger partial charge on any atom is -0.361 e. The number of hydrogen-bond acceptors (Lipinski definition) is 4. The third-order valence-corrected chi connectivity index (χ3v) is 6.38. The van der Waals surface area contributed by atoms with Crippen LogP contribution < -0.4 is 5.32 Å². The minimum absolute atomic E-state index is 0.0382. The molecule has 0 aromatic carbocycles. The second-order valence-corrected chi connectivity index (χ2v) is 8.54. The van der Waals surface area contributed by atoms with E-state index in [0.717, 1.165) is 24.7 Å². The number of nitrogens with one attached hydrogen (secondary N) is 1. The van der Waals surface area contributed by atoms with Crippen molar-refractivity contribution in [1.82, 2.24) is 20.0 Å². The molecule has 2 saturated heterocycles. The van der Waals surface area contributed by atoms with Crippen molar-refractivity contribution in [2.45, 2.75) is 63.5 Å². The summed E-state index contributed by atoms with van der Waals surface area (Å²) in [7, 11) is 0. The number of nitrogens with zero attached hydrogens (tertiary/aromatic N) is 3. The molecule has 1 saturated carbocycles. The number of likely N-dealkylation sites (tertiary alicyclic amines) is 1. The molecule has 1 aromatic heterocycles. The molecule has 3 aliphatic rings. The summed E-state index contributed by atoms with van der Waals surface area (Å²) in [6.45, 7) is 8.14. The number of morpholine rings is 1. The Hall–Kier alpha value is -1.40. The van der Waals surface area contributed by atoms with E-state index in [1.54, 1.807) is 0 Å². The van der Waals surface area contributed by atoms with Crippen molar-refractivity contribution in [2.24, 2.45) is 5.92 Å². The van der Waals surface area contributed by atoms with E-state index < -0.39 is 5.60 Å². The van der Waals surface area contributed by atoms with Crippen LogP contribution in [-0.4, -0.2) is 59.0 Å². The van der Waals surface area contributed by atoms with E-state index in [9.17, 15) is 4.79 Å². The first-order valence-corrected chi connectivity index (χ1v) is 10.3. The zero-order valence-corrected chi connectivity index (χ0v) is 16.1. The molecule has 0 unspecified atom stereocenters. The summed E-state index contributed by atoms with van der Waals surface area (Å²) < 4.78 is 8.29. The lowest BCUT2D eigenvalue weighted by atomic mass is 9.86. The number of rotatable bonds is 4. The van der Waals surface area contributed by atoms with Crippen molar-refractivity contribution in [2.75, 3.05) is 32.8 Å². The van der Waals surface area contributed by atoms with Crippen LogP contribution in [-0.2, 0) is 9.53 Å². The van der Waals surface area contributed by atoms with Crippen LogP contribution in [0.15, 0.2) is 12.3 Å². The maximum absolute atomic E-state index is 13.0. The molecule has 1 N–H and O–H groups in total. The highest BCUT2D eigenvalue weighted by Crippen LogP contribution is 2.41. The summed E-state index contributed by atoms with van der Waals surface area (Å²) in [5, 5.41) is 7.57. The lowest BCUT2D eigenvalue weighted by Gasteiger charge is -2.37. The standard InChI is InChI=1S/C20H32N4O2/c1-15(2)24-18(8-9-22-24)17-13-23(12-16-6-4-3-5-7-16)14-20(17)19(25)21-10-11-26-20/h8-9,15-17H,3-7,10-14H2,1-2H3,(H,21,25)/t17-,20-/m0/s1. The van der Waals surface area contributed by atoms with E-state index in [1.165, 1.54) is 32.1 Å². The van der Waals surface area contributed by atoms with E-state index >= 15 is 0 Å². The van der Waals surface area contributed by atoms with Gasteiger partial charge in [-0.05, 0) is 38.7 Å². The van der Waals surface area contributed by atoms with Crippen molar-refractivity contribution < 1.29 is 9.53 Å². The van der Waals surface area contributed by atoms with Gasteiger partial charge in [-0.15, -0.1) is 0 Å². The van der Waals surface area contributed by atoms with Gasteiger partial charge >= 0.3 is 0 Å². The molecule has 3 fully saturated rings. The number of carbonyl (C=O) groups excluding carboxylic acids is 1. The largest absolute Gasteiger partial charge is 0.361 e. The van der Waals surface area contributed by atoms with Gasteiger partial charge in [0, 0.05) is 44.1 Å². The Labute approximate surface area is 156 Å². The summed E-state index contributed by atoms with van der Waals surface area (Å²) in [5.74, 6) is 0.855. The molecule has 4 rings (SSSR count). The fourth-order valence-corrected chi connectivity index (χ4v) is 5.14. The van der Waals surface area contributed by atoms with Gasteiger partial charge < -0.3 is 10.1 Å². The average molecular weight is 361 g/mol. The van der Waals surface area contributed by atoms with Gasteiger partial charge in [-0.1, -0.05) is 19.3 Å². The quantitative estimate of drug-likeness (QED) is 0.895. The topological polar surface area (TPSA) is 59.4 Å². The van der Waals surface area contributed by atoms with Gasteiger partial charge in [0.25, 0.3) is 5.91 Å². The molecule has 1 aromatic rings. The molecule has 1 amide bonds. The third kappa shape index (κ3) is 3.18. The predicted octanol–water partition coefficient (Wildman–Crippen LogP) is 2.33. The van der Waals surface area contributed by atoms with Gasteiger partial charge in [0.1, 0.15) is 0 Å². The summed E-state index contributed by atoms with van der Waals surface area (Å²) in [5.41, 5.74) is 0.364. The Morgan fingerprint density at radius 3 is 2.88 bits per heavy atom. The number of aromatic nitrogens is 2. The fourth-order valence-electron chi connectivity index (χ4n) is 5.14. The zero-order valence-electron chi connectivity index (χ0n) is 16.1. The Morgan fingerprint density at radius 1 is 1.35 bits per heavy atom. The Morgan fingerprint density at radius 2 is 2.15 bits per heavy atom. The van der Waals surface area contributed by atoms with E-state index in [-0.39, 0.29) is 17.9 Å². The molecule has 3 heterocycles. The molecule has 2 atom stereocenters. The molecule has 1 aliphatic carbocycles. The van der Waals surface area contributed by atoms with Crippen LogP contribution in [0.25, 0.3) is 0 Å². The normalized spacial score (nSPS) is 31.0. The Bertz CT molecular complexity index is 638. The minimum atomic E-state index is -0.764. The zero-order chi connectivity index (χ0) is 18.1. The first-order chi connectivity index (χ1) is 12.6. The lowest BCUT2D eigenvalue weighted by Crippen LogP contribution is -2.59. The molecule has 144 valence electrons. The molecule has 0 bridgehead atoms. The number of hydrogen-bond donors (Lipinski definition) is 1. The molecular weight excluding hydrogens is 328 g/mol. The summed E-state index contributed by atoms with van der Waals surface area (Å²) >= 11 is 0. The van der Waals surface area contributed by atoms with E-state index in [0.29, 0.717) is 19.7 Å². The van der Waals surface area contributed by atoms with Gasteiger partial charge in [-0.25, -0.2) is 0 Å². The highest BCUT2D eigenvalue weighted by Gasteiger charge is 2.56. The van der Waals surface area contributed by atoms with Crippen LogP contribution in [0.2, 0.25) is 0 Å². The van der Waals surface area contributed by atoms with E-state index in [4.69, 9.17) is 4.74 Å². The van der Waals surface area contributed by atoms with Crippen LogP contribution in [0.5, 0.6) is 0 Å². The predicted molar refractivity (Wildman–Crippen MR) is 100 cm³/mol. The average Bonchev–Trinajstić information content (AvgIpc) is 3.24. The van der Waals surface area contributed by atoms with Gasteiger partial charge in [0.2, 0.25) is 0 Å². The van der Waals surface area contributed by atoms with Crippen molar-refractivity contribution in [1.29, 1.82) is 0 Å². The lowest BCUT2D eigenvalue weighted by molar-refractivity contribution is -0.155. The first kappa shape index (κ1) is 18.0. The SMILES string of the molecule is CC(C)n1nccc1[C@@H]1CN(CC2CCCCC2)C[C@]12OCCNC2=O. The number of ether oxygens (including phenoxy) is 1. The Kier molecular flexibility index (Phi) is 5.06. The molecule has 6 nitrogen and oxygen atoms in total. The molecule has 26 heavy (non-hydrogen) atoms. The molecule has 2 aliphatic heterocycles. The van der Waals surface area contributed by atoms with Crippen LogP contribution in [0.1, 0.15) is 63.6 Å².